The number of hydrogen-bond donors (Lipinski definition) is 1. The van der Waals surface area contributed by atoms with Crippen LogP contribution in [-0.4, -0.2) is 16.4 Å². The van der Waals surface area contributed by atoms with Gasteiger partial charge in [0.15, 0.2) is 0 Å². The van der Waals surface area contributed by atoms with E-state index in [4.69, 9.17) is 5.11 Å². The molecule has 0 aliphatic carbocycles. The summed E-state index contributed by atoms with van der Waals surface area (Å²) in [5.74, 6) is 0.833. The van der Waals surface area contributed by atoms with Crippen LogP contribution in [0, 0.1) is 11.3 Å². The van der Waals surface area contributed by atoms with Gasteiger partial charge >= 0.3 is 0 Å². The normalized spacial score (nSPS) is 11.4. The van der Waals surface area contributed by atoms with Crippen LogP contribution in [0.3, 0.4) is 0 Å². The summed E-state index contributed by atoms with van der Waals surface area (Å²) in [4.78, 5) is 0. The molecule has 0 aliphatic heterocycles. The highest BCUT2D eigenvalue weighted by Gasteiger charge is 2.02. The second-order valence-electron chi connectivity index (χ2n) is 8.97. The van der Waals surface area contributed by atoms with Crippen LogP contribution in [0.4, 0.5) is 4.39 Å². The van der Waals surface area contributed by atoms with Crippen molar-refractivity contribution in [2.24, 2.45) is 11.3 Å². The second-order valence-corrected chi connectivity index (χ2v) is 8.97. The predicted molar refractivity (Wildman–Crippen MR) is 88.5 cm³/mol. The van der Waals surface area contributed by atoms with E-state index in [1.165, 1.54) is 20.8 Å². The Morgan fingerprint density at radius 1 is 0.684 bits per heavy atom. The van der Waals surface area contributed by atoms with Crippen molar-refractivity contribution in [2.45, 2.75) is 101 Å². The van der Waals surface area contributed by atoms with E-state index in [-0.39, 0.29) is 0 Å². The standard InChI is InChI=1S/C5H12.C4H9F.C4H10O.C4H10/c1-5(2,3)4;2*1-4(2,3)5;1-4(2)3/h1-4H3;1-3H3;5H,1-3H3;4H,1-3H3. The van der Waals surface area contributed by atoms with Gasteiger partial charge in [0.05, 0.1) is 5.60 Å². The van der Waals surface area contributed by atoms with Crippen LogP contribution in [0.5, 0.6) is 0 Å². The first kappa shape index (κ1) is 27.3. The Bertz CT molecular complexity index is 116. The summed E-state index contributed by atoms with van der Waals surface area (Å²) in [6.07, 6.45) is 0. The molecule has 0 bridgehead atoms. The van der Waals surface area contributed by atoms with Gasteiger partial charge < -0.3 is 5.11 Å². The molecule has 0 spiro atoms. The van der Waals surface area contributed by atoms with Gasteiger partial charge in [-0.2, -0.15) is 0 Å². The summed E-state index contributed by atoms with van der Waals surface area (Å²) in [7, 11) is 0. The molecule has 1 N–H and O–H groups in total. The highest BCUT2D eigenvalue weighted by Crippen LogP contribution is 2.08. The highest BCUT2D eigenvalue weighted by molar-refractivity contribution is 4.52. The fraction of sp³-hybridized carbons (Fsp3) is 1.00. The maximum absolute atomic E-state index is 11.7. The van der Waals surface area contributed by atoms with E-state index in [2.05, 4.69) is 48.5 Å². The van der Waals surface area contributed by atoms with Crippen molar-refractivity contribution >= 4 is 0 Å². The average Bonchev–Trinajstić information content (AvgIpc) is 1.66. The van der Waals surface area contributed by atoms with Crippen molar-refractivity contribution in [3.8, 4) is 0 Å². The molecular formula is C17H41FO. The molecule has 0 amide bonds. The third-order valence-corrected chi connectivity index (χ3v) is 0. The zero-order valence-electron chi connectivity index (χ0n) is 15.9. The Morgan fingerprint density at radius 3 is 0.684 bits per heavy atom. The third kappa shape index (κ3) is 373000. The topological polar surface area (TPSA) is 20.2 Å². The number of halogens is 1. The van der Waals surface area contributed by atoms with Crippen LogP contribution in [-0.2, 0) is 0 Å². The zero-order valence-corrected chi connectivity index (χ0v) is 15.9. The first-order valence-electron chi connectivity index (χ1n) is 7.14. The van der Waals surface area contributed by atoms with Crippen LogP contribution < -0.4 is 0 Å². The van der Waals surface area contributed by atoms with Gasteiger partial charge in [-0.3, -0.25) is 0 Å². The van der Waals surface area contributed by atoms with Crippen molar-refractivity contribution in [3.05, 3.63) is 0 Å². The van der Waals surface area contributed by atoms with Gasteiger partial charge in [-0.1, -0.05) is 48.5 Å². The second kappa shape index (κ2) is 11.7. The predicted octanol–water partition coefficient (Wildman–Crippen LogP) is 6.25. The van der Waals surface area contributed by atoms with Crippen molar-refractivity contribution in [2.75, 3.05) is 0 Å². The summed E-state index contributed by atoms with van der Waals surface area (Å²) in [5.41, 5.74) is -1.00. The molecule has 0 saturated carbocycles. The minimum atomic E-state index is -1.00. The van der Waals surface area contributed by atoms with E-state index in [0.717, 1.165) is 5.92 Å². The summed E-state index contributed by atoms with van der Waals surface area (Å²) < 4.78 is 11.7. The molecule has 0 atom stereocenters. The van der Waals surface area contributed by atoms with E-state index < -0.39 is 11.3 Å². The zero-order chi connectivity index (χ0) is 17.1. The Hall–Kier alpha value is -0.110. The molecule has 0 aromatic rings. The molecule has 1 nitrogen and oxygen atoms in total. The molecule has 0 radical (unpaired) electrons. The highest BCUT2D eigenvalue weighted by atomic mass is 19.1. The van der Waals surface area contributed by atoms with Crippen molar-refractivity contribution < 1.29 is 9.50 Å². The average molecular weight is 281 g/mol. The largest absolute Gasteiger partial charge is 0.391 e. The molecular weight excluding hydrogens is 239 g/mol. The molecule has 0 unspecified atom stereocenters. The number of aliphatic hydroxyl groups is 1. The molecule has 0 rings (SSSR count). The summed E-state index contributed by atoms with van der Waals surface area (Å²) in [6, 6.07) is 0. The van der Waals surface area contributed by atoms with Gasteiger partial charge in [0, 0.05) is 0 Å². The molecule has 2 heteroatoms. The smallest absolute Gasteiger partial charge is 0.102 e. The fourth-order valence-electron chi connectivity index (χ4n) is 0. The molecule has 0 aromatic heterocycles. The Labute approximate surface area is 123 Å². The lowest BCUT2D eigenvalue weighted by atomic mass is 10.0. The lowest BCUT2D eigenvalue weighted by molar-refractivity contribution is 0.102. The molecule has 0 heterocycles. The summed E-state index contributed by atoms with van der Waals surface area (Å²) in [5, 5.41) is 8.52. The van der Waals surface area contributed by atoms with Gasteiger partial charge in [0.25, 0.3) is 0 Å². The molecule has 0 aromatic carbocycles. The third-order valence-electron chi connectivity index (χ3n) is 0. The fourth-order valence-corrected chi connectivity index (χ4v) is 0. The summed E-state index contributed by atoms with van der Waals surface area (Å²) >= 11 is 0. The molecule has 0 aliphatic rings. The first-order chi connectivity index (χ1) is 7.73. The Balaban J connectivity index is -0.0000000793. The number of rotatable bonds is 0. The number of hydrogen-bond acceptors (Lipinski definition) is 1. The van der Waals surface area contributed by atoms with Crippen LogP contribution in [0.1, 0.15) is 90.0 Å². The Morgan fingerprint density at radius 2 is 0.684 bits per heavy atom. The minimum Gasteiger partial charge on any atom is -0.391 e. The van der Waals surface area contributed by atoms with Crippen molar-refractivity contribution in [1.82, 2.24) is 0 Å². The van der Waals surface area contributed by atoms with Crippen molar-refractivity contribution in [1.29, 1.82) is 0 Å². The maximum atomic E-state index is 11.7. The quantitative estimate of drug-likeness (QED) is 0.556. The van der Waals surface area contributed by atoms with Crippen LogP contribution in [0.25, 0.3) is 0 Å². The van der Waals surface area contributed by atoms with Gasteiger partial charge in [0.2, 0.25) is 0 Å². The lowest BCUT2D eigenvalue weighted by Crippen LogP contribution is -2.10. The van der Waals surface area contributed by atoms with Crippen LogP contribution >= 0.6 is 0 Å². The Kier molecular flexibility index (Phi) is 16.8. The van der Waals surface area contributed by atoms with E-state index in [1.54, 1.807) is 20.8 Å². The van der Waals surface area contributed by atoms with E-state index in [0.29, 0.717) is 5.41 Å². The minimum absolute atomic E-state index is 0.500. The molecule has 122 valence electrons. The van der Waals surface area contributed by atoms with E-state index in [9.17, 15) is 4.39 Å². The molecule has 0 fully saturated rings. The van der Waals surface area contributed by atoms with Gasteiger partial charge in [-0.15, -0.1) is 0 Å². The van der Waals surface area contributed by atoms with Crippen molar-refractivity contribution in [3.63, 3.8) is 0 Å². The lowest BCUT2D eigenvalue weighted by Gasteiger charge is -2.05. The molecule has 19 heavy (non-hydrogen) atoms. The monoisotopic (exact) mass is 280 g/mol. The van der Waals surface area contributed by atoms with E-state index >= 15 is 0 Å². The summed E-state index contributed by atoms with van der Waals surface area (Å²) in [6.45, 7) is 25.0. The van der Waals surface area contributed by atoms with Crippen LogP contribution in [0.15, 0.2) is 0 Å². The van der Waals surface area contributed by atoms with Crippen LogP contribution in [0.2, 0.25) is 0 Å². The van der Waals surface area contributed by atoms with E-state index in [1.807, 2.05) is 0 Å². The van der Waals surface area contributed by atoms with Gasteiger partial charge in [-0.25, -0.2) is 4.39 Å². The maximum Gasteiger partial charge on any atom is 0.102 e. The number of alkyl halides is 1. The van der Waals surface area contributed by atoms with Gasteiger partial charge in [0.1, 0.15) is 5.67 Å². The first-order valence-corrected chi connectivity index (χ1v) is 7.14. The SMILES string of the molecule is CC(C)(C)C.CC(C)(C)F.CC(C)(C)O.CC(C)C. The van der Waals surface area contributed by atoms with Gasteiger partial charge in [-0.05, 0) is 52.9 Å². The molecule has 0 saturated heterocycles.